The van der Waals surface area contributed by atoms with Crippen molar-refractivity contribution in [2.75, 3.05) is 38.2 Å². The molecule has 2 aromatic carbocycles. The van der Waals surface area contributed by atoms with Crippen molar-refractivity contribution < 1.29 is 9.53 Å². The summed E-state index contributed by atoms with van der Waals surface area (Å²) in [6, 6.07) is 11.6. The number of amides is 1. The van der Waals surface area contributed by atoms with Gasteiger partial charge in [0.2, 0.25) is 5.91 Å². The molecular formula is C21H22ClN3O2S. The van der Waals surface area contributed by atoms with Crippen LogP contribution in [0.4, 0.5) is 5.13 Å². The van der Waals surface area contributed by atoms with Gasteiger partial charge < -0.3 is 14.5 Å². The van der Waals surface area contributed by atoms with Crippen LogP contribution in [-0.4, -0.2) is 49.1 Å². The number of methoxy groups -OCH3 is 1. The highest BCUT2D eigenvalue weighted by Gasteiger charge is 2.24. The molecule has 0 aliphatic carbocycles. The summed E-state index contributed by atoms with van der Waals surface area (Å²) in [6.07, 6.45) is 0.396. The highest BCUT2D eigenvalue weighted by atomic mass is 35.5. The van der Waals surface area contributed by atoms with Crippen LogP contribution >= 0.6 is 22.9 Å². The second kappa shape index (κ2) is 7.97. The Hall–Kier alpha value is -2.31. The van der Waals surface area contributed by atoms with Crippen LogP contribution < -0.4 is 9.64 Å². The summed E-state index contributed by atoms with van der Waals surface area (Å²) in [5.41, 5.74) is 3.08. The van der Waals surface area contributed by atoms with E-state index in [2.05, 4.69) is 11.8 Å². The van der Waals surface area contributed by atoms with E-state index in [9.17, 15) is 4.79 Å². The monoisotopic (exact) mass is 415 g/mol. The first-order chi connectivity index (χ1) is 13.5. The first-order valence-corrected chi connectivity index (χ1v) is 10.5. The van der Waals surface area contributed by atoms with Gasteiger partial charge in [-0.1, -0.05) is 41.1 Å². The van der Waals surface area contributed by atoms with Gasteiger partial charge in [-0.25, -0.2) is 4.98 Å². The molecule has 3 aromatic rings. The van der Waals surface area contributed by atoms with Gasteiger partial charge in [-0.15, -0.1) is 0 Å². The van der Waals surface area contributed by atoms with Crippen LogP contribution in [0.1, 0.15) is 11.1 Å². The third-order valence-corrected chi connectivity index (χ3v) is 6.65. The summed E-state index contributed by atoms with van der Waals surface area (Å²) in [5.74, 6) is 0.927. The first-order valence-electron chi connectivity index (χ1n) is 9.26. The maximum absolute atomic E-state index is 12.7. The predicted molar refractivity (Wildman–Crippen MR) is 115 cm³/mol. The highest BCUT2D eigenvalue weighted by molar-refractivity contribution is 7.22. The molecule has 1 saturated heterocycles. The number of halogens is 1. The van der Waals surface area contributed by atoms with E-state index in [1.54, 1.807) is 18.4 Å². The predicted octanol–water partition coefficient (Wildman–Crippen LogP) is 4.16. The number of rotatable bonds is 4. The number of nitrogens with zero attached hydrogens (tertiary/aromatic N) is 3. The Morgan fingerprint density at radius 1 is 1.21 bits per heavy atom. The second-order valence-electron chi connectivity index (χ2n) is 6.93. The molecule has 0 radical (unpaired) electrons. The Bertz CT molecular complexity index is 973. The Kier molecular flexibility index (Phi) is 5.42. The fraction of sp³-hybridized carbons (Fsp3) is 0.333. The summed E-state index contributed by atoms with van der Waals surface area (Å²) in [6.45, 7) is 5.01. The van der Waals surface area contributed by atoms with Crippen LogP contribution in [0.3, 0.4) is 0 Å². The summed E-state index contributed by atoms with van der Waals surface area (Å²) in [7, 11) is 1.64. The van der Waals surface area contributed by atoms with Gasteiger partial charge in [0.1, 0.15) is 5.75 Å². The number of aryl methyl sites for hydroxylation is 1. The summed E-state index contributed by atoms with van der Waals surface area (Å²) < 4.78 is 6.28. The van der Waals surface area contributed by atoms with Gasteiger partial charge in [0.15, 0.2) is 5.13 Å². The summed E-state index contributed by atoms with van der Waals surface area (Å²) in [5, 5.41) is 1.72. The Morgan fingerprint density at radius 2 is 2.00 bits per heavy atom. The smallest absolute Gasteiger partial charge is 0.227 e. The number of piperazine rings is 1. The second-order valence-corrected chi connectivity index (χ2v) is 8.32. The third kappa shape index (κ3) is 3.80. The van der Waals surface area contributed by atoms with Crippen LogP contribution in [0.2, 0.25) is 5.02 Å². The Morgan fingerprint density at radius 3 is 2.71 bits per heavy atom. The number of hydrogen-bond acceptors (Lipinski definition) is 5. The maximum Gasteiger partial charge on any atom is 0.227 e. The minimum absolute atomic E-state index is 0.149. The van der Waals surface area contributed by atoms with Crippen molar-refractivity contribution in [3.63, 3.8) is 0 Å². The van der Waals surface area contributed by atoms with Crippen molar-refractivity contribution >= 4 is 44.2 Å². The van der Waals surface area contributed by atoms with Crippen molar-refractivity contribution in [3.05, 3.63) is 52.5 Å². The fourth-order valence-electron chi connectivity index (χ4n) is 3.44. The lowest BCUT2D eigenvalue weighted by molar-refractivity contribution is -0.130. The van der Waals surface area contributed by atoms with E-state index in [1.807, 2.05) is 41.3 Å². The summed E-state index contributed by atoms with van der Waals surface area (Å²) >= 11 is 7.96. The van der Waals surface area contributed by atoms with Gasteiger partial charge in [0.25, 0.3) is 0 Å². The number of hydrogen-bond donors (Lipinski definition) is 0. The largest absolute Gasteiger partial charge is 0.497 e. The molecule has 0 N–H and O–H groups in total. The summed E-state index contributed by atoms with van der Waals surface area (Å²) in [4.78, 5) is 21.7. The van der Waals surface area contributed by atoms with Crippen molar-refractivity contribution in [2.45, 2.75) is 13.3 Å². The van der Waals surface area contributed by atoms with E-state index in [0.717, 1.165) is 50.3 Å². The van der Waals surface area contributed by atoms with Gasteiger partial charge in [0.05, 0.1) is 28.8 Å². The van der Waals surface area contributed by atoms with E-state index < -0.39 is 0 Å². The lowest BCUT2D eigenvalue weighted by Crippen LogP contribution is -2.49. The lowest BCUT2D eigenvalue weighted by atomic mass is 10.1. The molecule has 2 heterocycles. The van der Waals surface area contributed by atoms with E-state index in [-0.39, 0.29) is 5.91 Å². The van der Waals surface area contributed by atoms with Crippen molar-refractivity contribution in [1.29, 1.82) is 0 Å². The number of aromatic nitrogens is 1. The van der Waals surface area contributed by atoms with E-state index in [4.69, 9.17) is 21.3 Å². The van der Waals surface area contributed by atoms with Gasteiger partial charge in [0, 0.05) is 26.2 Å². The molecule has 146 valence electrons. The average Bonchev–Trinajstić information content (AvgIpc) is 3.18. The van der Waals surface area contributed by atoms with E-state index >= 15 is 0 Å². The van der Waals surface area contributed by atoms with Crippen molar-refractivity contribution in [1.82, 2.24) is 9.88 Å². The van der Waals surface area contributed by atoms with E-state index in [0.29, 0.717) is 19.5 Å². The van der Waals surface area contributed by atoms with Crippen LogP contribution in [0.5, 0.6) is 5.75 Å². The molecule has 1 aliphatic rings. The third-order valence-electron chi connectivity index (χ3n) is 5.08. The van der Waals surface area contributed by atoms with Gasteiger partial charge in [-0.3, -0.25) is 4.79 Å². The SMILES string of the molecule is COc1cccc(CC(=O)N2CCN(c3nc4c(C)ccc(Cl)c4s3)CC2)c1. The zero-order valence-electron chi connectivity index (χ0n) is 15.9. The number of benzene rings is 2. The molecule has 1 aromatic heterocycles. The average molecular weight is 416 g/mol. The molecule has 7 heteroatoms. The van der Waals surface area contributed by atoms with Gasteiger partial charge in [-0.05, 0) is 36.2 Å². The topological polar surface area (TPSA) is 45.7 Å². The molecule has 0 saturated carbocycles. The number of carbonyl (C=O) groups is 1. The molecule has 0 spiro atoms. The first kappa shape index (κ1) is 19.0. The number of ether oxygens (including phenoxy) is 1. The zero-order chi connectivity index (χ0) is 19.7. The molecule has 0 bridgehead atoms. The Labute approximate surface area is 173 Å². The van der Waals surface area contributed by atoms with Crippen LogP contribution in [0.15, 0.2) is 36.4 Å². The molecule has 4 rings (SSSR count). The fourth-order valence-corrected chi connectivity index (χ4v) is 4.81. The molecule has 1 amide bonds. The number of fused-ring (bicyclic) bond motifs is 1. The molecule has 5 nitrogen and oxygen atoms in total. The van der Waals surface area contributed by atoms with Crippen LogP contribution in [-0.2, 0) is 11.2 Å². The number of carbonyl (C=O) groups excluding carboxylic acids is 1. The standard InChI is InChI=1S/C21H22ClN3O2S/c1-14-6-7-17(22)20-19(14)23-21(28-20)25-10-8-24(9-11-25)18(26)13-15-4-3-5-16(12-15)27-2/h3-7,12H,8-11,13H2,1-2H3. The minimum Gasteiger partial charge on any atom is -0.497 e. The molecular weight excluding hydrogens is 394 g/mol. The van der Waals surface area contributed by atoms with Crippen LogP contribution in [0.25, 0.3) is 10.2 Å². The molecule has 1 aliphatic heterocycles. The van der Waals surface area contributed by atoms with Crippen LogP contribution in [0, 0.1) is 6.92 Å². The number of thiazole rings is 1. The quantitative estimate of drug-likeness (QED) is 0.642. The van der Waals surface area contributed by atoms with E-state index in [1.165, 1.54) is 0 Å². The van der Waals surface area contributed by atoms with Gasteiger partial charge in [-0.2, -0.15) is 0 Å². The molecule has 0 atom stereocenters. The minimum atomic E-state index is 0.149. The Balaban J connectivity index is 1.41. The number of anilines is 1. The van der Waals surface area contributed by atoms with Gasteiger partial charge >= 0.3 is 0 Å². The normalized spacial score (nSPS) is 14.5. The zero-order valence-corrected chi connectivity index (χ0v) is 17.5. The molecule has 1 fully saturated rings. The maximum atomic E-state index is 12.7. The molecule has 28 heavy (non-hydrogen) atoms. The molecule has 0 unspecified atom stereocenters. The lowest BCUT2D eigenvalue weighted by Gasteiger charge is -2.34. The van der Waals surface area contributed by atoms with Crippen molar-refractivity contribution in [3.8, 4) is 5.75 Å². The highest BCUT2D eigenvalue weighted by Crippen LogP contribution is 2.35. The van der Waals surface area contributed by atoms with Crippen molar-refractivity contribution in [2.24, 2.45) is 0 Å².